The van der Waals surface area contributed by atoms with Gasteiger partial charge < -0.3 is 4.90 Å². The third-order valence-corrected chi connectivity index (χ3v) is 7.57. The number of piperidine rings is 1. The van der Waals surface area contributed by atoms with Crippen molar-refractivity contribution in [3.05, 3.63) is 59.7 Å². The molecule has 156 valence electrons. The fourth-order valence-corrected chi connectivity index (χ4v) is 5.97. The van der Waals surface area contributed by atoms with Crippen molar-refractivity contribution in [2.45, 2.75) is 35.6 Å². The molecular formula is C20H24N2O5S2. The van der Waals surface area contributed by atoms with Crippen LogP contribution in [0.1, 0.15) is 35.2 Å². The van der Waals surface area contributed by atoms with Gasteiger partial charge in [-0.15, -0.1) is 0 Å². The molecule has 0 saturated carbocycles. The van der Waals surface area contributed by atoms with Gasteiger partial charge in [-0.25, -0.2) is 21.6 Å². The van der Waals surface area contributed by atoms with Crippen molar-refractivity contribution in [2.24, 2.45) is 0 Å². The molecule has 0 bridgehead atoms. The molecular weight excluding hydrogens is 412 g/mol. The smallest absolute Gasteiger partial charge is 0.253 e. The van der Waals surface area contributed by atoms with Crippen molar-refractivity contribution in [2.75, 3.05) is 19.3 Å². The summed E-state index contributed by atoms with van der Waals surface area (Å²) in [4.78, 5) is 13.9. The first-order valence-corrected chi connectivity index (χ1v) is 12.7. The Morgan fingerprint density at radius 2 is 1.59 bits per heavy atom. The number of benzene rings is 2. The second-order valence-corrected chi connectivity index (χ2v) is 10.8. The molecule has 2 aromatic rings. The number of rotatable bonds is 6. The fraction of sp³-hybridized carbons (Fsp3) is 0.350. The molecule has 0 radical (unpaired) electrons. The predicted octanol–water partition coefficient (Wildman–Crippen LogP) is 2.19. The highest BCUT2D eigenvalue weighted by atomic mass is 32.2. The molecule has 0 spiro atoms. The Morgan fingerprint density at radius 1 is 0.931 bits per heavy atom. The van der Waals surface area contributed by atoms with Crippen LogP contribution < -0.4 is 4.72 Å². The third kappa shape index (κ3) is 5.23. The van der Waals surface area contributed by atoms with Gasteiger partial charge in [-0.2, -0.15) is 0 Å². The molecule has 1 aliphatic heterocycles. The van der Waals surface area contributed by atoms with E-state index in [9.17, 15) is 21.6 Å². The Kier molecular flexibility index (Phi) is 6.40. The predicted molar refractivity (Wildman–Crippen MR) is 110 cm³/mol. The highest BCUT2D eigenvalue weighted by molar-refractivity contribution is 7.93. The lowest BCUT2D eigenvalue weighted by Gasteiger charge is -2.26. The lowest BCUT2D eigenvalue weighted by molar-refractivity contribution is 0.0724. The normalized spacial score (nSPS) is 15.3. The van der Waals surface area contributed by atoms with Crippen LogP contribution >= 0.6 is 0 Å². The van der Waals surface area contributed by atoms with E-state index in [1.54, 1.807) is 24.3 Å². The van der Waals surface area contributed by atoms with Gasteiger partial charge in [0, 0.05) is 31.5 Å². The molecule has 3 rings (SSSR count). The van der Waals surface area contributed by atoms with Crippen LogP contribution in [0.2, 0.25) is 0 Å². The SMILES string of the molecule is CS(=O)(=O)c1ccccc1S(=O)(=O)NCc1cccc(C(=O)N2CCCCC2)c1. The van der Waals surface area contributed by atoms with E-state index in [2.05, 4.69) is 4.72 Å². The van der Waals surface area contributed by atoms with Gasteiger partial charge in [0.15, 0.2) is 9.84 Å². The molecule has 1 heterocycles. The molecule has 0 aromatic heterocycles. The molecule has 1 N–H and O–H groups in total. The molecule has 1 aliphatic rings. The number of carbonyl (C=O) groups is 1. The summed E-state index contributed by atoms with van der Waals surface area (Å²) >= 11 is 0. The number of sulfonamides is 1. The number of sulfone groups is 1. The second-order valence-electron chi connectivity index (χ2n) is 7.10. The highest BCUT2D eigenvalue weighted by Gasteiger charge is 2.23. The molecule has 2 aromatic carbocycles. The van der Waals surface area contributed by atoms with Crippen LogP contribution in [-0.4, -0.2) is 47.0 Å². The van der Waals surface area contributed by atoms with Crippen molar-refractivity contribution < 1.29 is 21.6 Å². The Labute approximate surface area is 171 Å². The standard InChI is InChI=1S/C20H24N2O5S2/c1-28(24,25)18-10-3-4-11-19(18)29(26,27)21-15-16-8-7-9-17(14-16)20(23)22-12-5-2-6-13-22/h3-4,7-11,14,21H,2,5-6,12-13,15H2,1H3. The summed E-state index contributed by atoms with van der Waals surface area (Å²) in [7, 11) is -7.75. The minimum Gasteiger partial charge on any atom is -0.339 e. The molecule has 1 fully saturated rings. The summed E-state index contributed by atoms with van der Waals surface area (Å²) in [5.41, 5.74) is 1.13. The Bertz CT molecular complexity index is 1110. The summed E-state index contributed by atoms with van der Waals surface area (Å²) in [6, 6.07) is 12.3. The molecule has 29 heavy (non-hydrogen) atoms. The van der Waals surface area contributed by atoms with E-state index < -0.39 is 19.9 Å². The number of amides is 1. The zero-order chi connectivity index (χ0) is 21.1. The van der Waals surface area contributed by atoms with Crippen LogP contribution in [0.4, 0.5) is 0 Å². The summed E-state index contributed by atoms with van der Waals surface area (Å²) in [6.07, 6.45) is 4.08. The minimum absolute atomic E-state index is 0.0540. The van der Waals surface area contributed by atoms with Crippen LogP contribution in [0.5, 0.6) is 0 Å². The molecule has 9 heteroatoms. The van der Waals surface area contributed by atoms with Crippen LogP contribution in [0, 0.1) is 0 Å². The Morgan fingerprint density at radius 3 is 2.24 bits per heavy atom. The van der Waals surface area contributed by atoms with Gasteiger partial charge >= 0.3 is 0 Å². The quantitative estimate of drug-likeness (QED) is 0.748. The van der Waals surface area contributed by atoms with Crippen molar-refractivity contribution in [3.8, 4) is 0 Å². The highest BCUT2D eigenvalue weighted by Crippen LogP contribution is 2.21. The first-order valence-electron chi connectivity index (χ1n) is 9.35. The first kappa shape index (κ1) is 21.5. The maximum Gasteiger partial charge on any atom is 0.253 e. The van der Waals surface area contributed by atoms with Gasteiger partial charge in [-0.3, -0.25) is 4.79 Å². The Balaban J connectivity index is 1.77. The van der Waals surface area contributed by atoms with Crippen molar-refractivity contribution >= 4 is 25.8 Å². The Hall–Kier alpha value is -2.23. The van der Waals surface area contributed by atoms with Gasteiger partial charge in [0.05, 0.1) is 4.90 Å². The number of nitrogens with zero attached hydrogens (tertiary/aromatic N) is 1. The zero-order valence-electron chi connectivity index (χ0n) is 16.2. The molecule has 0 unspecified atom stereocenters. The van der Waals surface area contributed by atoms with Gasteiger partial charge in [0.25, 0.3) is 5.91 Å². The van der Waals surface area contributed by atoms with Crippen molar-refractivity contribution in [3.63, 3.8) is 0 Å². The van der Waals surface area contributed by atoms with E-state index in [1.165, 1.54) is 24.3 Å². The van der Waals surface area contributed by atoms with E-state index in [4.69, 9.17) is 0 Å². The van der Waals surface area contributed by atoms with E-state index in [0.717, 1.165) is 38.6 Å². The van der Waals surface area contributed by atoms with Crippen molar-refractivity contribution in [1.82, 2.24) is 9.62 Å². The molecule has 1 amide bonds. The molecule has 0 atom stereocenters. The third-order valence-electron chi connectivity index (χ3n) is 4.82. The monoisotopic (exact) mass is 436 g/mol. The summed E-state index contributed by atoms with van der Waals surface area (Å²) < 4.78 is 51.6. The number of nitrogens with one attached hydrogen (secondary N) is 1. The number of hydrogen-bond donors (Lipinski definition) is 1. The molecule has 1 saturated heterocycles. The van der Waals surface area contributed by atoms with Gasteiger partial charge in [0.2, 0.25) is 10.0 Å². The van der Waals surface area contributed by atoms with E-state index in [-0.39, 0.29) is 22.2 Å². The molecule has 0 aliphatic carbocycles. The van der Waals surface area contributed by atoms with Crippen LogP contribution in [0.15, 0.2) is 58.3 Å². The molecule has 7 nitrogen and oxygen atoms in total. The summed E-state index contributed by atoms with van der Waals surface area (Å²) in [5.74, 6) is -0.0585. The maximum absolute atomic E-state index is 12.7. The van der Waals surface area contributed by atoms with Gasteiger partial charge in [-0.05, 0) is 49.1 Å². The second kappa shape index (κ2) is 8.64. The summed E-state index contributed by atoms with van der Waals surface area (Å²) in [6.45, 7) is 1.41. The van der Waals surface area contributed by atoms with Gasteiger partial charge in [0.1, 0.15) is 4.90 Å². The minimum atomic E-state index is -4.05. The van der Waals surface area contributed by atoms with Crippen molar-refractivity contribution in [1.29, 1.82) is 0 Å². The van der Waals surface area contributed by atoms with E-state index in [1.807, 2.05) is 4.90 Å². The maximum atomic E-state index is 12.7. The van der Waals surface area contributed by atoms with E-state index in [0.29, 0.717) is 11.1 Å². The van der Waals surface area contributed by atoms with Crippen LogP contribution in [0.3, 0.4) is 0 Å². The average molecular weight is 437 g/mol. The largest absolute Gasteiger partial charge is 0.339 e. The van der Waals surface area contributed by atoms with Gasteiger partial charge in [-0.1, -0.05) is 24.3 Å². The lowest BCUT2D eigenvalue weighted by atomic mass is 10.1. The average Bonchev–Trinajstić information content (AvgIpc) is 2.72. The van der Waals surface area contributed by atoms with E-state index >= 15 is 0 Å². The summed E-state index contributed by atoms with van der Waals surface area (Å²) in [5, 5.41) is 0. The zero-order valence-corrected chi connectivity index (χ0v) is 17.8. The fourth-order valence-electron chi connectivity index (χ4n) is 3.33. The van der Waals surface area contributed by atoms with Crippen LogP contribution in [0.25, 0.3) is 0 Å². The number of likely N-dealkylation sites (tertiary alicyclic amines) is 1. The topological polar surface area (TPSA) is 101 Å². The number of hydrogen-bond acceptors (Lipinski definition) is 5. The lowest BCUT2D eigenvalue weighted by Crippen LogP contribution is -2.35. The van der Waals surface area contributed by atoms with Crippen LogP contribution in [-0.2, 0) is 26.4 Å². The number of carbonyl (C=O) groups excluding carboxylic acids is 1. The first-order chi connectivity index (χ1) is 13.7.